The number of rotatable bonds is 6. The summed E-state index contributed by atoms with van der Waals surface area (Å²) in [5, 5.41) is 12.6. The highest BCUT2D eigenvalue weighted by Gasteiger charge is 2.41. The summed E-state index contributed by atoms with van der Waals surface area (Å²) < 4.78 is 0. The van der Waals surface area contributed by atoms with Crippen molar-refractivity contribution in [3.8, 4) is 6.07 Å². The third kappa shape index (κ3) is 3.25. The van der Waals surface area contributed by atoms with Crippen molar-refractivity contribution in [1.29, 1.82) is 5.26 Å². The van der Waals surface area contributed by atoms with E-state index in [1.807, 2.05) is 13.8 Å². The molecular formula is C15H26N2O. The number of amides is 1. The van der Waals surface area contributed by atoms with Gasteiger partial charge in [-0.3, -0.25) is 4.79 Å². The maximum absolute atomic E-state index is 12.5. The summed E-state index contributed by atoms with van der Waals surface area (Å²) in [7, 11) is 0. The monoisotopic (exact) mass is 250 g/mol. The topological polar surface area (TPSA) is 52.9 Å². The van der Waals surface area contributed by atoms with E-state index in [-0.39, 0.29) is 11.4 Å². The molecule has 0 saturated heterocycles. The van der Waals surface area contributed by atoms with Crippen LogP contribution in [0.25, 0.3) is 0 Å². The predicted molar refractivity (Wildman–Crippen MR) is 72.9 cm³/mol. The van der Waals surface area contributed by atoms with Gasteiger partial charge in [0.2, 0.25) is 5.91 Å². The fraction of sp³-hybridized carbons (Fsp3) is 0.867. The quantitative estimate of drug-likeness (QED) is 0.783. The fourth-order valence-corrected chi connectivity index (χ4v) is 3.04. The molecule has 1 fully saturated rings. The van der Waals surface area contributed by atoms with Gasteiger partial charge < -0.3 is 5.32 Å². The van der Waals surface area contributed by atoms with Gasteiger partial charge in [0, 0.05) is 5.54 Å². The molecule has 0 aromatic heterocycles. The van der Waals surface area contributed by atoms with Gasteiger partial charge in [0.05, 0.1) is 6.07 Å². The highest BCUT2D eigenvalue weighted by atomic mass is 16.2. The van der Waals surface area contributed by atoms with Crippen LogP contribution in [0.3, 0.4) is 0 Å². The first kappa shape index (κ1) is 15.0. The molecule has 0 aliphatic heterocycles. The van der Waals surface area contributed by atoms with Crippen LogP contribution in [-0.2, 0) is 4.79 Å². The molecule has 0 atom stereocenters. The van der Waals surface area contributed by atoms with E-state index in [9.17, 15) is 10.1 Å². The second kappa shape index (κ2) is 6.22. The number of hydrogen-bond donors (Lipinski definition) is 1. The van der Waals surface area contributed by atoms with Gasteiger partial charge in [0.1, 0.15) is 5.41 Å². The van der Waals surface area contributed by atoms with Crippen LogP contribution in [0.5, 0.6) is 0 Å². The van der Waals surface area contributed by atoms with E-state index in [0.717, 1.165) is 25.7 Å². The Kier molecular flexibility index (Phi) is 5.19. The summed E-state index contributed by atoms with van der Waals surface area (Å²) in [6.45, 7) is 6.18. The Morgan fingerprint density at radius 1 is 1.28 bits per heavy atom. The number of carbonyl (C=O) groups excluding carboxylic acids is 1. The van der Waals surface area contributed by atoms with Crippen molar-refractivity contribution in [2.45, 2.75) is 77.7 Å². The Bertz CT molecular complexity index is 318. The molecule has 0 bridgehead atoms. The lowest BCUT2D eigenvalue weighted by atomic mass is 9.79. The Morgan fingerprint density at radius 2 is 1.78 bits per heavy atom. The molecule has 0 radical (unpaired) electrons. The van der Waals surface area contributed by atoms with Gasteiger partial charge in [-0.05, 0) is 32.6 Å². The molecule has 1 rings (SSSR count). The second-order valence-electron chi connectivity index (χ2n) is 5.92. The molecule has 0 unspecified atom stereocenters. The molecule has 102 valence electrons. The minimum atomic E-state index is -0.810. The molecule has 1 saturated carbocycles. The smallest absolute Gasteiger partial charge is 0.240 e. The zero-order valence-corrected chi connectivity index (χ0v) is 12.0. The SMILES string of the molecule is CCCC(C#N)(CCC)C(=O)NC1(C)CCCC1. The summed E-state index contributed by atoms with van der Waals surface area (Å²) in [6, 6.07) is 2.30. The first-order valence-electron chi connectivity index (χ1n) is 7.26. The molecule has 1 aliphatic carbocycles. The highest BCUT2D eigenvalue weighted by Crippen LogP contribution is 2.34. The van der Waals surface area contributed by atoms with Crippen LogP contribution in [0, 0.1) is 16.7 Å². The first-order chi connectivity index (χ1) is 8.52. The molecule has 18 heavy (non-hydrogen) atoms. The van der Waals surface area contributed by atoms with Crippen molar-refractivity contribution in [2.24, 2.45) is 5.41 Å². The van der Waals surface area contributed by atoms with E-state index in [1.165, 1.54) is 12.8 Å². The zero-order valence-electron chi connectivity index (χ0n) is 12.0. The van der Waals surface area contributed by atoms with E-state index in [4.69, 9.17) is 0 Å². The highest BCUT2D eigenvalue weighted by molar-refractivity contribution is 5.86. The number of nitriles is 1. The maximum atomic E-state index is 12.5. The Hall–Kier alpha value is -1.04. The maximum Gasteiger partial charge on any atom is 0.240 e. The van der Waals surface area contributed by atoms with Crippen LogP contribution in [0.4, 0.5) is 0 Å². The normalized spacial score (nSPS) is 18.3. The molecule has 1 amide bonds. The first-order valence-corrected chi connectivity index (χ1v) is 7.26. The lowest BCUT2D eigenvalue weighted by Gasteiger charge is -2.32. The third-order valence-corrected chi connectivity index (χ3v) is 4.12. The number of nitrogens with zero attached hydrogens (tertiary/aromatic N) is 1. The zero-order chi connectivity index (χ0) is 13.6. The minimum Gasteiger partial charge on any atom is -0.350 e. The largest absolute Gasteiger partial charge is 0.350 e. The molecule has 0 aromatic rings. The lowest BCUT2D eigenvalue weighted by Crippen LogP contribution is -2.50. The average Bonchev–Trinajstić information content (AvgIpc) is 2.75. The Labute approximate surface area is 111 Å². The standard InChI is InChI=1S/C15H26N2O/c1-4-8-15(12-16,9-5-2)13(18)17-14(3)10-6-7-11-14/h4-11H2,1-3H3,(H,17,18). The second-order valence-corrected chi connectivity index (χ2v) is 5.92. The summed E-state index contributed by atoms with van der Waals surface area (Å²) in [5.74, 6) is -0.0434. The van der Waals surface area contributed by atoms with Crippen molar-refractivity contribution >= 4 is 5.91 Å². The van der Waals surface area contributed by atoms with Crippen molar-refractivity contribution in [3.05, 3.63) is 0 Å². The van der Waals surface area contributed by atoms with E-state index in [2.05, 4.69) is 18.3 Å². The molecular weight excluding hydrogens is 224 g/mol. The van der Waals surface area contributed by atoms with E-state index in [0.29, 0.717) is 12.8 Å². The van der Waals surface area contributed by atoms with Gasteiger partial charge in [-0.2, -0.15) is 5.26 Å². The van der Waals surface area contributed by atoms with E-state index in [1.54, 1.807) is 0 Å². The number of nitrogens with one attached hydrogen (secondary N) is 1. The minimum absolute atomic E-state index is 0.0434. The van der Waals surface area contributed by atoms with E-state index < -0.39 is 5.41 Å². The molecule has 0 aromatic carbocycles. The Balaban J connectivity index is 2.79. The van der Waals surface area contributed by atoms with Gasteiger partial charge in [0.25, 0.3) is 0 Å². The fourth-order valence-electron chi connectivity index (χ4n) is 3.04. The number of carbonyl (C=O) groups is 1. The van der Waals surface area contributed by atoms with Crippen LogP contribution in [-0.4, -0.2) is 11.4 Å². The van der Waals surface area contributed by atoms with Crippen molar-refractivity contribution < 1.29 is 4.79 Å². The van der Waals surface area contributed by atoms with Crippen molar-refractivity contribution in [2.75, 3.05) is 0 Å². The molecule has 0 spiro atoms. The van der Waals surface area contributed by atoms with Gasteiger partial charge in [0.15, 0.2) is 0 Å². The van der Waals surface area contributed by atoms with Crippen LogP contribution < -0.4 is 5.32 Å². The van der Waals surface area contributed by atoms with Gasteiger partial charge in [-0.25, -0.2) is 0 Å². The van der Waals surface area contributed by atoms with Crippen molar-refractivity contribution in [1.82, 2.24) is 5.32 Å². The van der Waals surface area contributed by atoms with Crippen LogP contribution in [0.2, 0.25) is 0 Å². The Morgan fingerprint density at radius 3 is 2.17 bits per heavy atom. The molecule has 1 N–H and O–H groups in total. The lowest BCUT2D eigenvalue weighted by molar-refractivity contribution is -0.130. The summed E-state index contributed by atoms with van der Waals surface area (Å²) in [4.78, 5) is 12.5. The van der Waals surface area contributed by atoms with Crippen LogP contribution in [0.15, 0.2) is 0 Å². The van der Waals surface area contributed by atoms with Crippen LogP contribution >= 0.6 is 0 Å². The average molecular weight is 250 g/mol. The van der Waals surface area contributed by atoms with Gasteiger partial charge in [-0.15, -0.1) is 0 Å². The van der Waals surface area contributed by atoms with Crippen LogP contribution in [0.1, 0.15) is 72.1 Å². The molecule has 1 aliphatic rings. The molecule has 3 heteroatoms. The predicted octanol–water partition coefficient (Wildman–Crippen LogP) is 3.55. The summed E-state index contributed by atoms with van der Waals surface area (Å²) >= 11 is 0. The summed E-state index contributed by atoms with van der Waals surface area (Å²) in [5.41, 5.74) is -0.893. The summed E-state index contributed by atoms with van der Waals surface area (Å²) in [6.07, 6.45) is 7.51. The van der Waals surface area contributed by atoms with Crippen molar-refractivity contribution in [3.63, 3.8) is 0 Å². The molecule has 3 nitrogen and oxygen atoms in total. The molecule has 0 heterocycles. The van der Waals surface area contributed by atoms with Gasteiger partial charge >= 0.3 is 0 Å². The third-order valence-electron chi connectivity index (χ3n) is 4.12. The number of hydrogen-bond acceptors (Lipinski definition) is 2. The van der Waals surface area contributed by atoms with Gasteiger partial charge in [-0.1, -0.05) is 39.5 Å². The van der Waals surface area contributed by atoms with E-state index >= 15 is 0 Å².